The SMILES string of the molecule is CC(C)N(C)C(=O)CNc1ccc(C(F)(F)F)cc1Cl. The lowest BCUT2D eigenvalue weighted by Crippen LogP contribution is -2.37. The number of halogens is 4. The normalized spacial score (nSPS) is 11.6. The van der Waals surface area contributed by atoms with Crippen molar-refractivity contribution in [3.63, 3.8) is 0 Å². The summed E-state index contributed by atoms with van der Waals surface area (Å²) >= 11 is 5.77. The maximum atomic E-state index is 12.5. The Morgan fingerprint density at radius 2 is 2.00 bits per heavy atom. The first-order chi connectivity index (χ1) is 9.12. The summed E-state index contributed by atoms with van der Waals surface area (Å²) < 4.78 is 37.4. The lowest BCUT2D eigenvalue weighted by molar-refractivity contribution is -0.137. The number of amides is 1. The van der Waals surface area contributed by atoms with E-state index < -0.39 is 11.7 Å². The highest BCUT2D eigenvalue weighted by atomic mass is 35.5. The second kappa shape index (κ2) is 6.35. The number of carbonyl (C=O) groups is 1. The van der Waals surface area contributed by atoms with Gasteiger partial charge in [-0.2, -0.15) is 13.2 Å². The van der Waals surface area contributed by atoms with Crippen molar-refractivity contribution in [3.05, 3.63) is 28.8 Å². The van der Waals surface area contributed by atoms with Crippen molar-refractivity contribution < 1.29 is 18.0 Å². The number of alkyl halides is 3. The van der Waals surface area contributed by atoms with Gasteiger partial charge in [0, 0.05) is 13.1 Å². The largest absolute Gasteiger partial charge is 0.416 e. The van der Waals surface area contributed by atoms with Crippen LogP contribution in [0.25, 0.3) is 0 Å². The molecular formula is C13H16ClF3N2O. The van der Waals surface area contributed by atoms with Crippen LogP contribution in [-0.2, 0) is 11.0 Å². The van der Waals surface area contributed by atoms with Crippen LogP contribution >= 0.6 is 11.6 Å². The second-order valence-corrected chi connectivity index (χ2v) is 5.05. The van der Waals surface area contributed by atoms with E-state index in [0.717, 1.165) is 12.1 Å². The Bertz CT molecular complexity index is 489. The zero-order valence-corrected chi connectivity index (χ0v) is 12.1. The minimum Gasteiger partial charge on any atom is -0.375 e. The third kappa shape index (κ3) is 4.30. The van der Waals surface area contributed by atoms with E-state index in [2.05, 4.69) is 5.32 Å². The molecule has 1 aromatic carbocycles. The molecule has 0 atom stereocenters. The van der Waals surface area contributed by atoms with Gasteiger partial charge in [-0.3, -0.25) is 4.79 Å². The van der Waals surface area contributed by atoms with Crippen LogP contribution in [-0.4, -0.2) is 30.4 Å². The van der Waals surface area contributed by atoms with Crippen molar-refractivity contribution in [2.75, 3.05) is 18.9 Å². The zero-order valence-electron chi connectivity index (χ0n) is 11.4. The summed E-state index contributed by atoms with van der Waals surface area (Å²) in [6.07, 6.45) is -4.43. The van der Waals surface area contributed by atoms with Crippen molar-refractivity contribution in [2.45, 2.75) is 26.1 Å². The summed E-state index contributed by atoms with van der Waals surface area (Å²) in [4.78, 5) is 13.3. The predicted octanol–water partition coefficient (Wildman–Crippen LogP) is 3.64. The number of benzene rings is 1. The molecule has 1 aromatic rings. The first kappa shape index (κ1) is 16.6. The monoisotopic (exact) mass is 308 g/mol. The van der Waals surface area contributed by atoms with Crippen LogP contribution in [0.5, 0.6) is 0 Å². The molecule has 0 saturated heterocycles. The molecule has 1 rings (SSSR count). The Labute approximate surface area is 120 Å². The molecule has 0 radical (unpaired) electrons. The average Bonchev–Trinajstić information content (AvgIpc) is 2.34. The second-order valence-electron chi connectivity index (χ2n) is 4.64. The Morgan fingerprint density at radius 3 is 2.45 bits per heavy atom. The molecule has 0 bridgehead atoms. The third-order valence-electron chi connectivity index (χ3n) is 2.89. The van der Waals surface area contributed by atoms with Gasteiger partial charge in [0.1, 0.15) is 0 Å². The van der Waals surface area contributed by atoms with E-state index in [1.807, 2.05) is 13.8 Å². The van der Waals surface area contributed by atoms with Gasteiger partial charge in [-0.25, -0.2) is 0 Å². The van der Waals surface area contributed by atoms with Gasteiger partial charge in [-0.05, 0) is 32.0 Å². The van der Waals surface area contributed by atoms with Crippen LogP contribution < -0.4 is 5.32 Å². The molecule has 0 unspecified atom stereocenters. The molecule has 112 valence electrons. The van der Waals surface area contributed by atoms with E-state index in [4.69, 9.17) is 11.6 Å². The molecule has 0 heterocycles. The standard InChI is InChI=1S/C13H16ClF3N2O/c1-8(2)19(3)12(20)7-18-11-5-4-9(6-10(11)14)13(15,16)17/h4-6,8,18H,7H2,1-3H3. The summed E-state index contributed by atoms with van der Waals surface area (Å²) in [5.41, 5.74) is -0.524. The Morgan fingerprint density at radius 1 is 1.40 bits per heavy atom. The molecule has 1 N–H and O–H groups in total. The van der Waals surface area contributed by atoms with E-state index in [1.165, 1.54) is 11.0 Å². The van der Waals surface area contributed by atoms with Gasteiger partial charge in [0.25, 0.3) is 0 Å². The van der Waals surface area contributed by atoms with Gasteiger partial charge in [-0.1, -0.05) is 11.6 Å². The summed E-state index contributed by atoms with van der Waals surface area (Å²) in [5.74, 6) is -0.170. The van der Waals surface area contributed by atoms with E-state index in [0.29, 0.717) is 5.69 Å². The number of nitrogens with one attached hydrogen (secondary N) is 1. The molecule has 0 spiro atoms. The minimum absolute atomic E-state index is 0.0280. The van der Waals surface area contributed by atoms with E-state index in [1.54, 1.807) is 7.05 Å². The third-order valence-corrected chi connectivity index (χ3v) is 3.21. The minimum atomic E-state index is -4.43. The Balaban J connectivity index is 2.73. The molecule has 7 heteroatoms. The molecular weight excluding hydrogens is 293 g/mol. The van der Waals surface area contributed by atoms with Crippen LogP contribution in [0, 0.1) is 0 Å². The zero-order chi connectivity index (χ0) is 15.5. The van der Waals surface area contributed by atoms with Gasteiger partial charge in [0.2, 0.25) is 5.91 Å². The maximum absolute atomic E-state index is 12.5. The first-order valence-corrected chi connectivity index (χ1v) is 6.37. The Kier molecular flexibility index (Phi) is 5.28. The Hall–Kier alpha value is -1.43. The average molecular weight is 309 g/mol. The number of carbonyl (C=O) groups excluding carboxylic acids is 1. The number of hydrogen-bond acceptors (Lipinski definition) is 2. The van der Waals surface area contributed by atoms with Crippen molar-refractivity contribution in [1.82, 2.24) is 4.90 Å². The quantitative estimate of drug-likeness (QED) is 0.921. The van der Waals surface area contributed by atoms with Crippen LogP contribution in [0.4, 0.5) is 18.9 Å². The van der Waals surface area contributed by atoms with Crippen LogP contribution in [0.1, 0.15) is 19.4 Å². The first-order valence-electron chi connectivity index (χ1n) is 5.99. The van der Waals surface area contributed by atoms with Crippen molar-refractivity contribution in [2.24, 2.45) is 0 Å². The smallest absolute Gasteiger partial charge is 0.375 e. The fourth-order valence-electron chi connectivity index (χ4n) is 1.42. The van der Waals surface area contributed by atoms with Gasteiger partial charge >= 0.3 is 6.18 Å². The fourth-order valence-corrected chi connectivity index (χ4v) is 1.67. The highest BCUT2D eigenvalue weighted by Gasteiger charge is 2.30. The van der Waals surface area contributed by atoms with Crippen molar-refractivity contribution in [3.8, 4) is 0 Å². The summed E-state index contributed by atoms with van der Waals surface area (Å²) in [6, 6.07) is 3.02. The highest BCUT2D eigenvalue weighted by Crippen LogP contribution is 2.33. The van der Waals surface area contributed by atoms with Crippen LogP contribution in [0.2, 0.25) is 5.02 Å². The summed E-state index contributed by atoms with van der Waals surface area (Å²) in [7, 11) is 1.66. The number of likely N-dealkylation sites (N-methyl/N-ethyl adjacent to an activating group) is 1. The van der Waals surface area contributed by atoms with Crippen LogP contribution in [0.15, 0.2) is 18.2 Å². The molecule has 0 aliphatic carbocycles. The molecule has 0 fully saturated rings. The van der Waals surface area contributed by atoms with Gasteiger partial charge in [-0.15, -0.1) is 0 Å². The number of nitrogens with zero attached hydrogens (tertiary/aromatic N) is 1. The van der Waals surface area contributed by atoms with Crippen LogP contribution in [0.3, 0.4) is 0 Å². The predicted molar refractivity (Wildman–Crippen MR) is 72.8 cm³/mol. The van der Waals surface area contributed by atoms with E-state index in [-0.39, 0.29) is 23.5 Å². The molecule has 0 aliphatic heterocycles. The molecule has 20 heavy (non-hydrogen) atoms. The van der Waals surface area contributed by atoms with Crippen molar-refractivity contribution >= 4 is 23.2 Å². The van der Waals surface area contributed by atoms with Gasteiger partial charge in [0.05, 0.1) is 22.8 Å². The van der Waals surface area contributed by atoms with Gasteiger partial charge in [0.15, 0.2) is 0 Å². The summed E-state index contributed by atoms with van der Waals surface area (Å²) in [5, 5.41) is 2.67. The molecule has 1 amide bonds. The summed E-state index contributed by atoms with van der Waals surface area (Å²) in [6.45, 7) is 3.70. The number of hydrogen-bond donors (Lipinski definition) is 1. The number of anilines is 1. The molecule has 0 aliphatic rings. The molecule has 3 nitrogen and oxygen atoms in total. The fraction of sp³-hybridized carbons (Fsp3) is 0.462. The lowest BCUT2D eigenvalue weighted by atomic mass is 10.2. The molecule has 0 saturated carbocycles. The molecule has 0 aromatic heterocycles. The lowest BCUT2D eigenvalue weighted by Gasteiger charge is -2.22. The van der Waals surface area contributed by atoms with Gasteiger partial charge < -0.3 is 10.2 Å². The number of rotatable bonds is 4. The van der Waals surface area contributed by atoms with E-state index >= 15 is 0 Å². The topological polar surface area (TPSA) is 32.3 Å². The highest BCUT2D eigenvalue weighted by molar-refractivity contribution is 6.33. The maximum Gasteiger partial charge on any atom is 0.416 e. The van der Waals surface area contributed by atoms with Crippen molar-refractivity contribution in [1.29, 1.82) is 0 Å². The van der Waals surface area contributed by atoms with E-state index in [9.17, 15) is 18.0 Å².